The Morgan fingerprint density at radius 3 is 2.61 bits per heavy atom. The van der Waals surface area contributed by atoms with Crippen LogP contribution in [0.15, 0.2) is 24.4 Å². The molecule has 1 aromatic carbocycles. The molecule has 1 aromatic heterocycles. The Hall–Kier alpha value is -1.68. The summed E-state index contributed by atoms with van der Waals surface area (Å²) in [5.74, 6) is -0.251. The minimum absolute atomic E-state index is 0.251. The van der Waals surface area contributed by atoms with Crippen LogP contribution in [-0.4, -0.2) is 9.78 Å². The van der Waals surface area contributed by atoms with Gasteiger partial charge in [-0.3, -0.25) is 4.68 Å². The summed E-state index contributed by atoms with van der Waals surface area (Å²) in [6.07, 6.45) is 1.95. The fourth-order valence-electron chi connectivity index (χ4n) is 1.99. The molecule has 2 aromatic rings. The third kappa shape index (κ3) is 2.29. The highest BCUT2D eigenvalue weighted by atomic mass is 19.1. The van der Waals surface area contributed by atoms with Gasteiger partial charge < -0.3 is 5.73 Å². The SMILES string of the molecule is Cc1nn(C(C)C)cc1-c1cc(F)ccc1CN. The molecule has 2 rings (SSSR count). The van der Waals surface area contributed by atoms with Crippen molar-refractivity contribution in [3.63, 3.8) is 0 Å². The topological polar surface area (TPSA) is 43.8 Å². The average Bonchev–Trinajstić information content (AvgIpc) is 2.71. The number of hydrogen-bond donors (Lipinski definition) is 1. The first kappa shape index (κ1) is 12.8. The summed E-state index contributed by atoms with van der Waals surface area (Å²) in [6.45, 7) is 6.44. The fraction of sp³-hybridized carbons (Fsp3) is 0.357. The van der Waals surface area contributed by atoms with Gasteiger partial charge in [0.25, 0.3) is 0 Å². The zero-order valence-corrected chi connectivity index (χ0v) is 10.9. The van der Waals surface area contributed by atoms with Crippen molar-refractivity contribution >= 4 is 0 Å². The molecule has 2 N–H and O–H groups in total. The Kier molecular flexibility index (Phi) is 3.48. The first-order valence-electron chi connectivity index (χ1n) is 6.07. The van der Waals surface area contributed by atoms with E-state index in [4.69, 9.17) is 5.73 Å². The van der Waals surface area contributed by atoms with Crippen LogP contribution < -0.4 is 5.73 Å². The lowest BCUT2D eigenvalue weighted by Crippen LogP contribution is -2.00. The first-order chi connectivity index (χ1) is 8.52. The van der Waals surface area contributed by atoms with Gasteiger partial charge in [0, 0.05) is 24.3 Å². The Labute approximate surface area is 106 Å². The van der Waals surface area contributed by atoms with E-state index in [-0.39, 0.29) is 11.9 Å². The highest BCUT2D eigenvalue weighted by molar-refractivity contribution is 5.69. The molecule has 0 spiro atoms. The summed E-state index contributed by atoms with van der Waals surface area (Å²) < 4.78 is 15.3. The Morgan fingerprint density at radius 1 is 1.33 bits per heavy atom. The Balaban J connectivity index is 2.57. The van der Waals surface area contributed by atoms with Crippen LogP contribution in [0.1, 0.15) is 31.1 Å². The number of aromatic nitrogens is 2. The number of benzene rings is 1. The summed E-state index contributed by atoms with van der Waals surface area (Å²) in [7, 11) is 0. The first-order valence-corrected chi connectivity index (χ1v) is 6.07. The molecule has 0 aliphatic heterocycles. The maximum atomic E-state index is 13.4. The second kappa shape index (κ2) is 4.90. The quantitative estimate of drug-likeness (QED) is 0.906. The largest absolute Gasteiger partial charge is 0.326 e. The van der Waals surface area contributed by atoms with Crippen LogP contribution in [-0.2, 0) is 6.54 Å². The van der Waals surface area contributed by atoms with Crippen molar-refractivity contribution < 1.29 is 4.39 Å². The van der Waals surface area contributed by atoms with Crippen molar-refractivity contribution in [1.29, 1.82) is 0 Å². The van der Waals surface area contributed by atoms with Crippen LogP contribution in [0.3, 0.4) is 0 Å². The zero-order valence-electron chi connectivity index (χ0n) is 10.9. The Bertz CT molecular complexity index is 558. The van der Waals surface area contributed by atoms with Crippen LogP contribution in [0.5, 0.6) is 0 Å². The van der Waals surface area contributed by atoms with Crippen molar-refractivity contribution in [2.75, 3.05) is 0 Å². The predicted octanol–water partition coefficient (Wildman–Crippen LogP) is 3.04. The predicted molar refractivity (Wildman–Crippen MR) is 70.6 cm³/mol. The van der Waals surface area contributed by atoms with Crippen molar-refractivity contribution in [2.45, 2.75) is 33.4 Å². The van der Waals surface area contributed by atoms with Crippen molar-refractivity contribution in [3.8, 4) is 11.1 Å². The summed E-state index contributed by atoms with van der Waals surface area (Å²) in [6, 6.07) is 4.98. The van der Waals surface area contributed by atoms with Crippen LogP contribution in [0, 0.1) is 12.7 Å². The van der Waals surface area contributed by atoms with Gasteiger partial charge in [0.1, 0.15) is 5.82 Å². The minimum Gasteiger partial charge on any atom is -0.326 e. The lowest BCUT2D eigenvalue weighted by atomic mass is 10.0. The lowest BCUT2D eigenvalue weighted by Gasteiger charge is -2.07. The molecule has 0 saturated carbocycles. The van der Waals surface area contributed by atoms with E-state index in [1.807, 2.05) is 17.8 Å². The third-order valence-corrected chi connectivity index (χ3v) is 3.03. The average molecular weight is 247 g/mol. The van der Waals surface area contributed by atoms with Crippen molar-refractivity contribution in [1.82, 2.24) is 9.78 Å². The standard InChI is InChI=1S/C14H18FN3/c1-9(2)18-8-14(10(3)17-18)13-6-12(15)5-4-11(13)7-16/h4-6,8-9H,7,16H2,1-3H3. The van der Waals surface area contributed by atoms with Gasteiger partial charge in [0.05, 0.1) is 5.69 Å². The third-order valence-electron chi connectivity index (χ3n) is 3.03. The summed E-state index contributed by atoms with van der Waals surface area (Å²) in [5, 5.41) is 4.44. The van der Waals surface area contributed by atoms with Crippen LogP contribution >= 0.6 is 0 Å². The van der Waals surface area contributed by atoms with Gasteiger partial charge in [0.2, 0.25) is 0 Å². The molecule has 0 radical (unpaired) electrons. The molecule has 0 aliphatic carbocycles. The van der Waals surface area contributed by atoms with Gasteiger partial charge in [-0.15, -0.1) is 0 Å². The van der Waals surface area contributed by atoms with Gasteiger partial charge in [-0.2, -0.15) is 5.10 Å². The molecule has 0 saturated heterocycles. The molecule has 0 aliphatic rings. The number of halogens is 1. The van der Waals surface area contributed by atoms with Crippen LogP contribution in [0.2, 0.25) is 0 Å². The molecule has 4 heteroatoms. The van der Waals surface area contributed by atoms with E-state index in [0.717, 1.165) is 22.4 Å². The van der Waals surface area contributed by atoms with E-state index < -0.39 is 0 Å². The zero-order chi connectivity index (χ0) is 13.3. The van der Waals surface area contributed by atoms with Crippen LogP contribution in [0.4, 0.5) is 4.39 Å². The number of aryl methyl sites for hydroxylation is 1. The highest BCUT2D eigenvalue weighted by Crippen LogP contribution is 2.28. The number of nitrogens with two attached hydrogens (primary N) is 1. The molecule has 1 heterocycles. The van der Waals surface area contributed by atoms with Crippen molar-refractivity contribution in [2.24, 2.45) is 5.73 Å². The number of hydrogen-bond acceptors (Lipinski definition) is 2. The molecule has 0 atom stereocenters. The Morgan fingerprint density at radius 2 is 2.06 bits per heavy atom. The maximum Gasteiger partial charge on any atom is 0.123 e. The number of nitrogens with zero attached hydrogens (tertiary/aromatic N) is 2. The summed E-state index contributed by atoms with van der Waals surface area (Å²) in [5.41, 5.74) is 9.31. The smallest absolute Gasteiger partial charge is 0.123 e. The van der Waals surface area contributed by atoms with E-state index in [9.17, 15) is 4.39 Å². The summed E-state index contributed by atoms with van der Waals surface area (Å²) in [4.78, 5) is 0. The van der Waals surface area contributed by atoms with E-state index in [1.165, 1.54) is 12.1 Å². The summed E-state index contributed by atoms with van der Waals surface area (Å²) >= 11 is 0. The monoisotopic (exact) mass is 247 g/mol. The second-order valence-electron chi connectivity index (χ2n) is 4.71. The van der Waals surface area contributed by atoms with E-state index in [0.29, 0.717) is 6.54 Å². The van der Waals surface area contributed by atoms with E-state index >= 15 is 0 Å². The van der Waals surface area contributed by atoms with Gasteiger partial charge in [-0.05, 0) is 44.0 Å². The molecule has 18 heavy (non-hydrogen) atoms. The van der Waals surface area contributed by atoms with Gasteiger partial charge in [-0.25, -0.2) is 4.39 Å². The lowest BCUT2D eigenvalue weighted by molar-refractivity contribution is 0.529. The molecular formula is C14H18FN3. The second-order valence-corrected chi connectivity index (χ2v) is 4.71. The van der Waals surface area contributed by atoms with E-state index in [1.54, 1.807) is 6.07 Å². The van der Waals surface area contributed by atoms with E-state index in [2.05, 4.69) is 18.9 Å². The number of rotatable bonds is 3. The van der Waals surface area contributed by atoms with Gasteiger partial charge in [0.15, 0.2) is 0 Å². The van der Waals surface area contributed by atoms with Crippen LogP contribution in [0.25, 0.3) is 11.1 Å². The molecule has 0 amide bonds. The highest BCUT2D eigenvalue weighted by Gasteiger charge is 2.13. The maximum absolute atomic E-state index is 13.4. The molecular weight excluding hydrogens is 229 g/mol. The molecule has 0 unspecified atom stereocenters. The van der Waals surface area contributed by atoms with Gasteiger partial charge in [-0.1, -0.05) is 6.07 Å². The molecule has 0 bridgehead atoms. The molecule has 0 fully saturated rings. The minimum atomic E-state index is -0.251. The fourth-order valence-corrected chi connectivity index (χ4v) is 1.99. The molecule has 3 nitrogen and oxygen atoms in total. The van der Waals surface area contributed by atoms with Gasteiger partial charge >= 0.3 is 0 Å². The molecule has 96 valence electrons. The van der Waals surface area contributed by atoms with Crippen molar-refractivity contribution in [3.05, 3.63) is 41.5 Å². The normalized spacial score (nSPS) is 11.2.